The van der Waals surface area contributed by atoms with Crippen molar-refractivity contribution in [3.05, 3.63) is 11.6 Å². The summed E-state index contributed by atoms with van der Waals surface area (Å²) in [4.78, 5) is 10.7. The van der Waals surface area contributed by atoms with E-state index in [-0.39, 0.29) is 12.8 Å². The first-order chi connectivity index (χ1) is 10.1. The zero-order chi connectivity index (χ0) is 17.0. The van der Waals surface area contributed by atoms with Crippen LogP contribution in [0.3, 0.4) is 0 Å². The molecule has 0 aromatic heterocycles. The van der Waals surface area contributed by atoms with Crippen molar-refractivity contribution >= 4 is 5.97 Å². The van der Waals surface area contributed by atoms with Gasteiger partial charge in [0.2, 0.25) is 0 Å². The Labute approximate surface area is 127 Å². The Kier molecular flexibility index (Phi) is 6.43. The quantitative estimate of drug-likeness (QED) is 0.450. The van der Waals surface area contributed by atoms with E-state index in [0.717, 1.165) is 18.9 Å². The van der Waals surface area contributed by atoms with E-state index in [1.54, 1.807) is 0 Å². The van der Waals surface area contributed by atoms with Crippen LogP contribution in [0.1, 0.15) is 51.9 Å². The maximum Gasteiger partial charge on any atom is 0.326 e. The molecule has 0 saturated carbocycles. The fourth-order valence-corrected chi connectivity index (χ4v) is 2.73. The van der Waals surface area contributed by atoms with Crippen molar-refractivity contribution in [2.75, 3.05) is 0 Å². The first kappa shape index (κ1) is 19.0. The number of halogens is 3. The number of carboxylic acid groups (broad SMARTS) is 1. The summed E-state index contributed by atoms with van der Waals surface area (Å²) in [6.45, 7) is 1.91. The lowest BCUT2D eigenvalue weighted by atomic mass is 9.86. The normalized spacial score (nSPS) is 24.9. The summed E-state index contributed by atoms with van der Waals surface area (Å²) in [5, 5.41) is 27.9. The SMILES string of the molecule is CCCCCCC(O)(F)C(F)(F)C1=CCC(O)C1CC(=O)O. The molecule has 0 heterocycles. The predicted molar refractivity (Wildman–Crippen MR) is 74.2 cm³/mol. The fraction of sp³-hybridized carbons (Fsp3) is 0.800. The molecule has 3 N–H and O–H groups in total. The van der Waals surface area contributed by atoms with Crippen molar-refractivity contribution in [1.82, 2.24) is 0 Å². The van der Waals surface area contributed by atoms with Gasteiger partial charge in [-0.25, -0.2) is 4.39 Å². The van der Waals surface area contributed by atoms with Crippen molar-refractivity contribution in [1.29, 1.82) is 0 Å². The third-order valence-corrected chi connectivity index (χ3v) is 4.04. The summed E-state index contributed by atoms with van der Waals surface area (Å²) in [6, 6.07) is 0. The van der Waals surface area contributed by atoms with Crippen LogP contribution < -0.4 is 0 Å². The van der Waals surface area contributed by atoms with Crippen LogP contribution in [0.4, 0.5) is 13.2 Å². The highest BCUT2D eigenvalue weighted by Gasteiger charge is 2.59. The fourth-order valence-electron chi connectivity index (χ4n) is 2.73. The maximum absolute atomic E-state index is 14.3. The van der Waals surface area contributed by atoms with Crippen LogP contribution in [0.15, 0.2) is 11.6 Å². The van der Waals surface area contributed by atoms with Crippen molar-refractivity contribution < 1.29 is 33.3 Å². The number of unbranched alkanes of at least 4 members (excludes halogenated alkanes) is 3. The lowest BCUT2D eigenvalue weighted by Crippen LogP contribution is -2.47. The van der Waals surface area contributed by atoms with Gasteiger partial charge in [-0.1, -0.05) is 32.3 Å². The highest BCUT2D eigenvalue weighted by molar-refractivity contribution is 5.68. The van der Waals surface area contributed by atoms with Crippen LogP contribution in [0, 0.1) is 5.92 Å². The second-order valence-electron chi connectivity index (χ2n) is 5.81. The number of carbonyl (C=O) groups is 1. The minimum atomic E-state index is -4.21. The molecule has 0 aliphatic heterocycles. The lowest BCUT2D eigenvalue weighted by Gasteiger charge is -2.32. The van der Waals surface area contributed by atoms with E-state index in [1.165, 1.54) is 0 Å². The van der Waals surface area contributed by atoms with Crippen molar-refractivity contribution in [2.24, 2.45) is 5.92 Å². The highest BCUT2D eigenvalue weighted by Crippen LogP contribution is 2.47. The maximum atomic E-state index is 14.3. The Bertz CT molecular complexity index is 421. The molecule has 0 bridgehead atoms. The minimum absolute atomic E-state index is 0.107. The van der Waals surface area contributed by atoms with Gasteiger partial charge < -0.3 is 15.3 Å². The number of aliphatic hydroxyl groups excluding tert-OH is 1. The van der Waals surface area contributed by atoms with Gasteiger partial charge in [-0.3, -0.25) is 4.79 Å². The minimum Gasteiger partial charge on any atom is -0.481 e. The molecule has 22 heavy (non-hydrogen) atoms. The number of hydrogen-bond donors (Lipinski definition) is 3. The monoisotopic (exact) mass is 324 g/mol. The lowest BCUT2D eigenvalue weighted by molar-refractivity contribution is -0.240. The van der Waals surface area contributed by atoms with Gasteiger partial charge in [-0.2, -0.15) is 8.78 Å². The molecule has 3 atom stereocenters. The van der Waals surface area contributed by atoms with Crippen molar-refractivity contribution in [3.8, 4) is 0 Å². The van der Waals surface area contributed by atoms with Gasteiger partial charge in [0, 0.05) is 17.9 Å². The number of aliphatic carboxylic acids is 1. The standard InChI is InChI=1S/C15H23F3O4/c1-2-3-4-5-8-14(16,22)15(17,18)11-6-7-12(19)10(11)9-13(20)21/h6,10,12,19,22H,2-5,7-9H2,1H3,(H,20,21). The Morgan fingerprint density at radius 1 is 1.32 bits per heavy atom. The van der Waals surface area contributed by atoms with E-state index in [0.29, 0.717) is 6.42 Å². The molecule has 0 spiro atoms. The molecule has 0 radical (unpaired) electrons. The van der Waals surface area contributed by atoms with Gasteiger partial charge >= 0.3 is 11.9 Å². The van der Waals surface area contributed by atoms with Crippen molar-refractivity contribution in [3.63, 3.8) is 0 Å². The second-order valence-corrected chi connectivity index (χ2v) is 5.81. The molecule has 0 saturated heterocycles. The summed E-state index contributed by atoms with van der Waals surface area (Å²) in [5.74, 6) is -10.7. The van der Waals surface area contributed by atoms with E-state index in [9.17, 15) is 28.2 Å². The molecular formula is C15H23F3O4. The van der Waals surface area contributed by atoms with E-state index in [4.69, 9.17) is 5.11 Å². The number of carboxylic acids is 1. The molecule has 0 aromatic rings. The Hall–Kier alpha value is -1.08. The first-order valence-corrected chi connectivity index (χ1v) is 7.53. The van der Waals surface area contributed by atoms with Gasteiger partial charge in [0.25, 0.3) is 5.85 Å². The molecule has 0 amide bonds. The molecule has 1 rings (SSSR count). The van der Waals surface area contributed by atoms with Crippen LogP contribution in [0.5, 0.6) is 0 Å². The van der Waals surface area contributed by atoms with E-state index in [2.05, 4.69) is 0 Å². The molecule has 7 heteroatoms. The Morgan fingerprint density at radius 2 is 1.95 bits per heavy atom. The molecular weight excluding hydrogens is 301 g/mol. The van der Waals surface area contributed by atoms with Crippen LogP contribution in [0.25, 0.3) is 0 Å². The summed E-state index contributed by atoms with van der Waals surface area (Å²) < 4.78 is 42.7. The number of aliphatic hydroxyl groups is 2. The highest BCUT2D eigenvalue weighted by atomic mass is 19.3. The van der Waals surface area contributed by atoms with Crippen molar-refractivity contribution in [2.45, 2.75) is 69.8 Å². The Balaban J connectivity index is 2.83. The summed E-state index contributed by atoms with van der Waals surface area (Å²) in [5.41, 5.74) is -0.817. The van der Waals surface area contributed by atoms with Gasteiger partial charge in [-0.15, -0.1) is 0 Å². The third-order valence-electron chi connectivity index (χ3n) is 4.04. The van der Waals surface area contributed by atoms with E-state index in [1.807, 2.05) is 6.92 Å². The van der Waals surface area contributed by atoms with Gasteiger partial charge in [-0.05, 0) is 12.8 Å². The smallest absolute Gasteiger partial charge is 0.326 e. The molecule has 3 unspecified atom stereocenters. The van der Waals surface area contributed by atoms with E-state index >= 15 is 0 Å². The predicted octanol–water partition coefficient (Wildman–Crippen LogP) is 3.03. The van der Waals surface area contributed by atoms with Gasteiger partial charge in [0.1, 0.15) is 0 Å². The summed E-state index contributed by atoms with van der Waals surface area (Å²) >= 11 is 0. The molecule has 128 valence electrons. The number of hydrogen-bond acceptors (Lipinski definition) is 3. The van der Waals surface area contributed by atoms with Crippen LogP contribution in [-0.2, 0) is 4.79 Å². The van der Waals surface area contributed by atoms with E-state index < -0.39 is 48.2 Å². The average molecular weight is 324 g/mol. The topological polar surface area (TPSA) is 77.8 Å². The summed E-state index contributed by atoms with van der Waals surface area (Å²) in [7, 11) is 0. The Morgan fingerprint density at radius 3 is 2.50 bits per heavy atom. The number of alkyl halides is 3. The third kappa shape index (κ3) is 4.23. The average Bonchev–Trinajstić information content (AvgIpc) is 2.76. The van der Waals surface area contributed by atoms with Gasteiger partial charge in [0.15, 0.2) is 0 Å². The molecule has 4 nitrogen and oxygen atoms in total. The second kappa shape index (κ2) is 7.46. The largest absolute Gasteiger partial charge is 0.481 e. The molecule has 0 aromatic carbocycles. The van der Waals surface area contributed by atoms with Crippen LogP contribution >= 0.6 is 0 Å². The first-order valence-electron chi connectivity index (χ1n) is 7.53. The molecule has 1 aliphatic carbocycles. The zero-order valence-corrected chi connectivity index (χ0v) is 12.6. The van der Waals surface area contributed by atoms with Gasteiger partial charge in [0.05, 0.1) is 12.5 Å². The van der Waals surface area contributed by atoms with Crippen LogP contribution in [0.2, 0.25) is 0 Å². The molecule has 0 fully saturated rings. The van der Waals surface area contributed by atoms with Crippen LogP contribution in [-0.4, -0.2) is 39.2 Å². The molecule has 1 aliphatic rings. The summed E-state index contributed by atoms with van der Waals surface area (Å²) in [6.07, 6.45) is 0.247. The number of rotatable bonds is 9. The zero-order valence-electron chi connectivity index (χ0n) is 12.6.